The van der Waals surface area contributed by atoms with Crippen molar-refractivity contribution in [1.29, 1.82) is 0 Å². The molecular weight excluding hydrogens is 402 g/mol. The van der Waals surface area contributed by atoms with Crippen LogP contribution in [0.3, 0.4) is 0 Å². The largest absolute Gasteiger partial charge is 0.507 e. The first-order chi connectivity index (χ1) is 15.3. The van der Waals surface area contributed by atoms with Gasteiger partial charge in [0.25, 0.3) is 0 Å². The van der Waals surface area contributed by atoms with Crippen molar-refractivity contribution in [3.63, 3.8) is 0 Å². The Hall–Kier alpha value is -2.40. The zero-order chi connectivity index (χ0) is 23.2. The number of phenols is 1. The lowest BCUT2D eigenvalue weighted by atomic mass is 9.69. The molecule has 5 heteroatoms. The average molecular weight is 438 g/mol. The Morgan fingerprint density at radius 1 is 1.16 bits per heavy atom. The summed E-state index contributed by atoms with van der Waals surface area (Å²) in [4.78, 5) is 26.7. The molecule has 4 rings (SSSR count). The molecule has 2 saturated heterocycles. The Morgan fingerprint density at radius 3 is 2.47 bits per heavy atom. The number of carbonyl (C=O) groups is 2. The number of allylic oxidation sites excluding steroid dienone is 2. The van der Waals surface area contributed by atoms with Gasteiger partial charge in [-0.3, -0.25) is 14.5 Å². The van der Waals surface area contributed by atoms with E-state index in [1.165, 1.54) is 21.6 Å². The number of fused-ring (bicyclic) bond motifs is 3. The van der Waals surface area contributed by atoms with Gasteiger partial charge in [0, 0.05) is 13.0 Å². The topological polar surface area (TPSA) is 66.8 Å². The van der Waals surface area contributed by atoms with Gasteiger partial charge in [-0.15, -0.1) is 0 Å². The van der Waals surface area contributed by atoms with Gasteiger partial charge >= 0.3 is 0 Å². The van der Waals surface area contributed by atoms with Crippen molar-refractivity contribution in [3.8, 4) is 5.75 Å². The second-order valence-corrected chi connectivity index (χ2v) is 9.61. The first-order valence-corrected chi connectivity index (χ1v) is 11.9. The maximum Gasteiger partial charge on any atom is 0.233 e. The van der Waals surface area contributed by atoms with Crippen LogP contribution in [0, 0.1) is 31.6 Å². The second-order valence-electron chi connectivity index (χ2n) is 9.61. The Bertz CT molecular complexity index is 982. The van der Waals surface area contributed by atoms with E-state index < -0.39 is 0 Å². The highest BCUT2D eigenvalue weighted by Crippen LogP contribution is 2.50. The summed E-state index contributed by atoms with van der Waals surface area (Å²) in [6, 6.07) is 4.05. The number of aryl methyl sites for hydroxylation is 2. The van der Waals surface area contributed by atoms with Crippen LogP contribution in [-0.4, -0.2) is 41.6 Å². The Labute approximate surface area is 191 Å². The van der Waals surface area contributed by atoms with E-state index in [9.17, 15) is 14.7 Å². The lowest BCUT2D eigenvalue weighted by Gasteiger charge is -2.31. The summed E-state index contributed by atoms with van der Waals surface area (Å²) >= 11 is 0. The molecule has 4 atom stereocenters. The molecule has 0 spiro atoms. The number of phenolic OH excluding ortho intramolecular Hbond substituents is 1. The van der Waals surface area contributed by atoms with Gasteiger partial charge in [-0.05, 0) is 80.3 Å². The molecule has 172 valence electrons. The Kier molecular flexibility index (Phi) is 6.30. The van der Waals surface area contributed by atoms with Crippen LogP contribution >= 0.6 is 0 Å². The van der Waals surface area contributed by atoms with Crippen LogP contribution in [-0.2, 0) is 14.3 Å². The molecule has 0 radical (unpaired) electrons. The van der Waals surface area contributed by atoms with Crippen molar-refractivity contribution in [3.05, 3.63) is 45.5 Å². The molecule has 3 aliphatic rings. The smallest absolute Gasteiger partial charge is 0.233 e. The van der Waals surface area contributed by atoms with Crippen LogP contribution in [0.2, 0.25) is 0 Å². The molecule has 32 heavy (non-hydrogen) atoms. The van der Waals surface area contributed by atoms with Crippen LogP contribution in [0.4, 0.5) is 0 Å². The van der Waals surface area contributed by atoms with Crippen molar-refractivity contribution in [2.45, 2.75) is 65.9 Å². The SMILES string of the molecule is CCC1=C2[C@@H](CC/C(=C/c3cc(C)c(O)c(C)c3)CC)OC[C@@H]2[C@@H]2C(=O)N(C)C(=O)[C@@H]2C1. The van der Waals surface area contributed by atoms with E-state index in [2.05, 4.69) is 19.9 Å². The third-order valence-corrected chi connectivity index (χ3v) is 7.72. The van der Waals surface area contributed by atoms with Crippen LogP contribution in [0.5, 0.6) is 5.75 Å². The van der Waals surface area contributed by atoms with Gasteiger partial charge in [-0.1, -0.05) is 31.1 Å². The molecule has 1 aromatic carbocycles. The number of imide groups is 1. The number of hydrogen-bond acceptors (Lipinski definition) is 4. The lowest BCUT2D eigenvalue weighted by Crippen LogP contribution is -2.33. The third kappa shape index (κ3) is 3.81. The quantitative estimate of drug-likeness (QED) is 0.506. The number of ether oxygens (including phenoxy) is 1. The van der Waals surface area contributed by atoms with E-state index in [1.54, 1.807) is 7.05 Å². The predicted octanol–water partition coefficient (Wildman–Crippen LogP) is 4.94. The van der Waals surface area contributed by atoms with Gasteiger partial charge in [0.1, 0.15) is 5.75 Å². The number of nitrogens with zero attached hydrogens (tertiary/aromatic N) is 1. The summed E-state index contributed by atoms with van der Waals surface area (Å²) in [6.07, 6.45) is 6.63. The summed E-state index contributed by atoms with van der Waals surface area (Å²) in [6.45, 7) is 8.72. The monoisotopic (exact) mass is 437 g/mol. The fraction of sp³-hybridized carbons (Fsp3) is 0.556. The highest BCUT2D eigenvalue weighted by atomic mass is 16.5. The van der Waals surface area contributed by atoms with Gasteiger partial charge in [-0.25, -0.2) is 0 Å². The third-order valence-electron chi connectivity index (χ3n) is 7.72. The van der Waals surface area contributed by atoms with Crippen molar-refractivity contribution in [1.82, 2.24) is 4.90 Å². The molecule has 1 aliphatic carbocycles. The second kappa shape index (κ2) is 8.86. The first-order valence-electron chi connectivity index (χ1n) is 11.9. The number of benzene rings is 1. The minimum absolute atomic E-state index is 0.0239. The van der Waals surface area contributed by atoms with Gasteiger partial charge in [0.15, 0.2) is 0 Å². The normalized spacial score (nSPS) is 27.9. The standard InChI is InChI=1S/C27H35NO4/c1-6-17(12-18-10-15(3)25(29)16(4)11-18)8-9-22-23-19(7-2)13-20-24(21(23)14-32-22)27(31)28(5)26(20)30/h10-12,20-22,24,29H,6-9,13-14H2,1-5H3/b17-12+/t20-,21+,22-,24-/m1/s1. The minimum Gasteiger partial charge on any atom is -0.507 e. The molecule has 2 fully saturated rings. The van der Waals surface area contributed by atoms with E-state index in [4.69, 9.17) is 4.74 Å². The summed E-state index contributed by atoms with van der Waals surface area (Å²) in [5.74, 6) is -0.0896. The first kappa shape index (κ1) is 22.8. The van der Waals surface area contributed by atoms with Crippen LogP contribution in [0.1, 0.15) is 62.6 Å². The molecule has 0 unspecified atom stereocenters. The molecule has 2 aliphatic heterocycles. The summed E-state index contributed by atoms with van der Waals surface area (Å²) in [5.41, 5.74) is 6.87. The zero-order valence-electron chi connectivity index (χ0n) is 19.9. The molecular formula is C27H35NO4. The minimum atomic E-state index is -0.244. The van der Waals surface area contributed by atoms with Crippen molar-refractivity contribution in [2.75, 3.05) is 13.7 Å². The molecule has 2 heterocycles. The molecule has 1 N–H and O–H groups in total. The van der Waals surface area contributed by atoms with E-state index in [0.29, 0.717) is 18.8 Å². The van der Waals surface area contributed by atoms with Crippen LogP contribution in [0.15, 0.2) is 28.9 Å². The Balaban J connectivity index is 1.53. The Morgan fingerprint density at radius 2 is 1.84 bits per heavy atom. The molecule has 5 nitrogen and oxygen atoms in total. The maximum atomic E-state index is 12.8. The number of hydrogen-bond donors (Lipinski definition) is 1. The van der Waals surface area contributed by atoms with Crippen LogP contribution in [0.25, 0.3) is 6.08 Å². The van der Waals surface area contributed by atoms with Gasteiger partial charge in [-0.2, -0.15) is 0 Å². The zero-order valence-corrected chi connectivity index (χ0v) is 19.9. The summed E-state index contributed by atoms with van der Waals surface area (Å²) in [7, 11) is 1.62. The van der Waals surface area contributed by atoms with E-state index in [0.717, 1.165) is 42.4 Å². The predicted molar refractivity (Wildman–Crippen MR) is 125 cm³/mol. The highest BCUT2D eigenvalue weighted by Gasteiger charge is 2.55. The van der Waals surface area contributed by atoms with Crippen molar-refractivity contribution < 1.29 is 19.4 Å². The maximum absolute atomic E-state index is 12.8. The molecule has 0 saturated carbocycles. The highest BCUT2D eigenvalue weighted by molar-refractivity contribution is 6.05. The number of carbonyl (C=O) groups excluding carboxylic acids is 2. The molecule has 0 bridgehead atoms. The number of amides is 2. The number of aromatic hydroxyl groups is 1. The molecule has 0 aromatic heterocycles. The van der Waals surface area contributed by atoms with Gasteiger partial charge < -0.3 is 9.84 Å². The van der Waals surface area contributed by atoms with E-state index in [-0.39, 0.29) is 35.7 Å². The number of rotatable bonds is 6. The van der Waals surface area contributed by atoms with E-state index >= 15 is 0 Å². The lowest BCUT2D eigenvalue weighted by molar-refractivity contribution is -0.138. The van der Waals surface area contributed by atoms with Gasteiger partial charge in [0.05, 0.1) is 24.5 Å². The van der Waals surface area contributed by atoms with Gasteiger partial charge in [0.2, 0.25) is 11.8 Å². The summed E-state index contributed by atoms with van der Waals surface area (Å²) < 4.78 is 6.26. The van der Waals surface area contributed by atoms with E-state index in [1.807, 2.05) is 26.0 Å². The number of likely N-dealkylation sites (tertiary alicyclic amines) is 1. The summed E-state index contributed by atoms with van der Waals surface area (Å²) in [5, 5.41) is 10.1. The van der Waals surface area contributed by atoms with Crippen LogP contribution < -0.4 is 0 Å². The fourth-order valence-electron chi connectivity index (χ4n) is 5.95. The molecule has 1 aromatic rings. The average Bonchev–Trinajstić information content (AvgIpc) is 3.29. The van der Waals surface area contributed by atoms with Crippen molar-refractivity contribution in [2.24, 2.45) is 17.8 Å². The van der Waals surface area contributed by atoms with Crippen molar-refractivity contribution >= 4 is 17.9 Å². The molecule has 2 amide bonds. The fourth-order valence-corrected chi connectivity index (χ4v) is 5.95.